The molecule has 1 aromatic heterocycles. The van der Waals surface area contributed by atoms with Crippen molar-refractivity contribution in [3.05, 3.63) is 12.2 Å². The summed E-state index contributed by atoms with van der Waals surface area (Å²) in [5.41, 5.74) is 5.01. The van der Waals surface area contributed by atoms with Gasteiger partial charge in [-0.3, -0.25) is 10.5 Å². The SMILES string of the molecule is N=C(N)c1ncn[nH]1. The van der Waals surface area contributed by atoms with Crippen LogP contribution in [0.25, 0.3) is 0 Å². The predicted molar refractivity (Wildman–Crippen MR) is 27.4 cm³/mol. The van der Waals surface area contributed by atoms with Crippen molar-refractivity contribution in [3.8, 4) is 0 Å². The Morgan fingerprint density at radius 1 is 1.88 bits per heavy atom. The van der Waals surface area contributed by atoms with Gasteiger partial charge in [-0.25, -0.2) is 4.98 Å². The molecule has 0 bridgehead atoms. The number of H-pyrrole nitrogens is 1. The first-order chi connectivity index (χ1) is 3.80. The molecule has 5 nitrogen and oxygen atoms in total. The molecule has 0 aromatic carbocycles. The molecule has 0 fully saturated rings. The van der Waals surface area contributed by atoms with E-state index in [0.29, 0.717) is 5.82 Å². The van der Waals surface area contributed by atoms with Crippen LogP contribution in [0, 0.1) is 5.41 Å². The van der Waals surface area contributed by atoms with Gasteiger partial charge in [-0.2, -0.15) is 5.10 Å². The summed E-state index contributed by atoms with van der Waals surface area (Å²) in [6.45, 7) is 0. The zero-order chi connectivity index (χ0) is 5.98. The van der Waals surface area contributed by atoms with E-state index in [1.807, 2.05) is 0 Å². The summed E-state index contributed by atoms with van der Waals surface area (Å²) >= 11 is 0. The Balaban J connectivity index is 2.93. The summed E-state index contributed by atoms with van der Waals surface area (Å²) in [5.74, 6) is 0.215. The Bertz CT molecular complexity index is 176. The summed E-state index contributed by atoms with van der Waals surface area (Å²) < 4.78 is 0. The van der Waals surface area contributed by atoms with Crippen LogP contribution in [0.4, 0.5) is 0 Å². The highest BCUT2D eigenvalue weighted by atomic mass is 15.2. The van der Waals surface area contributed by atoms with E-state index in [4.69, 9.17) is 11.1 Å². The zero-order valence-electron chi connectivity index (χ0n) is 4.05. The quantitative estimate of drug-likeness (QED) is 0.323. The Morgan fingerprint density at radius 3 is 2.88 bits per heavy atom. The number of hydrogen-bond acceptors (Lipinski definition) is 3. The lowest BCUT2D eigenvalue weighted by atomic mass is 10.6. The van der Waals surface area contributed by atoms with Gasteiger partial charge in [-0.15, -0.1) is 0 Å². The lowest BCUT2D eigenvalue weighted by molar-refractivity contribution is 1.07. The van der Waals surface area contributed by atoms with Gasteiger partial charge in [0.15, 0.2) is 11.7 Å². The van der Waals surface area contributed by atoms with E-state index in [2.05, 4.69) is 15.2 Å². The Kier molecular flexibility index (Phi) is 0.957. The van der Waals surface area contributed by atoms with Gasteiger partial charge < -0.3 is 5.73 Å². The summed E-state index contributed by atoms with van der Waals surface area (Å²) in [4.78, 5) is 3.60. The van der Waals surface area contributed by atoms with Crippen LogP contribution in [0.15, 0.2) is 6.33 Å². The van der Waals surface area contributed by atoms with Crippen LogP contribution in [0.3, 0.4) is 0 Å². The van der Waals surface area contributed by atoms with Gasteiger partial charge in [-0.05, 0) is 0 Å². The lowest BCUT2D eigenvalue weighted by Gasteiger charge is -1.83. The number of nitrogens with zero attached hydrogens (tertiary/aromatic N) is 2. The smallest absolute Gasteiger partial charge is 0.190 e. The first-order valence-electron chi connectivity index (χ1n) is 2.00. The molecule has 0 saturated carbocycles. The molecule has 5 heteroatoms. The van der Waals surface area contributed by atoms with E-state index in [0.717, 1.165) is 0 Å². The third-order valence-electron chi connectivity index (χ3n) is 0.670. The average Bonchev–Trinajstić information content (AvgIpc) is 2.12. The molecule has 1 aromatic rings. The Morgan fingerprint density at radius 2 is 2.62 bits per heavy atom. The second kappa shape index (κ2) is 1.61. The maximum atomic E-state index is 6.80. The van der Waals surface area contributed by atoms with Crippen molar-refractivity contribution in [2.45, 2.75) is 0 Å². The van der Waals surface area contributed by atoms with Crippen molar-refractivity contribution in [2.75, 3.05) is 0 Å². The van der Waals surface area contributed by atoms with E-state index in [1.165, 1.54) is 6.33 Å². The highest BCUT2D eigenvalue weighted by Crippen LogP contribution is 1.78. The molecule has 0 radical (unpaired) electrons. The summed E-state index contributed by atoms with van der Waals surface area (Å²) in [6, 6.07) is 0. The molecule has 4 N–H and O–H groups in total. The number of aromatic amines is 1. The van der Waals surface area contributed by atoms with Gasteiger partial charge in [0, 0.05) is 0 Å². The van der Waals surface area contributed by atoms with Gasteiger partial charge in [0.25, 0.3) is 0 Å². The monoisotopic (exact) mass is 111 g/mol. The molecule has 0 aliphatic heterocycles. The van der Waals surface area contributed by atoms with Crippen LogP contribution in [0.5, 0.6) is 0 Å². The minimum absolute atomic E-state index is 0.0949. The Labute approximate surface area is 45.4 Å². The minimum Gasteiger partial charge on any atom is -0.381 e. The molecule has 0 spiro atoms. The molecular weight excluding hydrogens is 106 g/mol. The molecule has 1 rings (SSSR count). The number of aromatic nitrogens is 3. The van der Waals surface area contributed by atoms with Crippen molar-refractivity contribution in [3.63, 3.8) is 0 Å². The van der Waals surface area contributed by atoms with Gasteiger partial charge in [-0.1, -0.05) is 0 Å². The van der Waals surface area contributed by atoms with Crippen LogP contribution in [0.1, 0.15) is 5.82 Å². The van der Waals surface area contributed by atoms with E-state index in [1.54, 1.807) is 0 Å². The third-order valence-corrected chi connectivity index (χ3v) is 0.670. The molecule has 1 heterocycles. The highest BCUT2D eigenvalue weighted by molar-refractivity contribution is 5.90. The second-order valence-electron chi connectivity index (χ2n) is 1.25. The Hall–Kier alpha value is -1.39. The fourth-order valence-electron chi connectivity index (χ4n) is 0.335. The van der Waals surface area contributed by atoms with Gasteiger partial charge in [0.1, 0.15) is 6.33 Å². The van der Waals surface area contributed by atoms with Crippen LogP contribution < -0.4 is 5.73 Å². The normalized spacial score (nSPS) is 9.00. The summed E-state index contributed by atoms with van der Waals surface area (Å²) in [7, 11) is 0. The maximum absolute atomic E-state index is 6.80. The molecule has 42 valence electrons. The number of nitrogens with two attached hydrogens (primary N) is 1. The molecule has 8 heavy (non-hydrogen) atoms. The maximum Gasteiger partial charge on any atom is 0.190 e. The van der Waals surface area contributed by atoms with E-state index in [-0.39, 0.29) is 5.84 Å². The number of amidine groups is 1. The number of hydrogen-bond donors (Lipinski definition) is 3. The van der Waals surface area contributed by atoms with Crippen LogP contribution in [-0.2, 0) is 0 Å². The first-order valence-corrected chi connectivity index (χ1v) is 2.00. The zero-order valence-corrected chi connectivity index (χ0v) is 4.05. The van der Waals surface area contributed by atoms with E-state index in [9.17, 15) is 0 Å². The fraction of sp³-hybridized carbons (Fsp3) is 0. The standard InChI is InChI=1S/C3H5N5/c4-2(5)3-6-1-7-8-3/h1H,(H3,4,5)(H,6,7,8). The molecular formula is C3H5N5. The number of nitrogen functional groups attached to an aromatic ring is 1. The topological polar surface area (TPSA) is 91.4 Å². The van der Waals surface area contributed by atoms with Crippen molar-refractivity contribution in [1.82, 2.24) is 15.2 Å². The fourth-order valence-corrected chi connectivity index (χ4v) is 0.335. The highest BCUT2D eigenvalue weighted by Gasteiger charge is 1.94. The average molecular weight is 111 g/mol. The predicted octanol–water partition coefficient (Wildman–Crippen LogP) is -0.911. The molecule has 0 atom stereocenters. The summed E-state index contributed by atoms with van der Waals surface area (Å²) in [5, 5.41) is 12.7. The summed E-state index contributed by atoms with van der Waals surface area (Å²) in [6.07, 6.45) is 1.30. The molecule has 0 saturated heterocycles. The van der Waals surface area contributed by atoms with Crippen molar-refractivity contribution in [2.24, 2.45) is 5.73 Å². The largest absolute Gasteiger partial charge is 0.381 e. The number of rotatable bonds is 1. The van der Waals surface area contributed by atoms with E-state index >= 15 is 0 Å². The van der Waals surface area contributed by atoms with Crippen molar-refractivity contribution >= 4 is 5.84 Å². The van der Waals surface area contributed by atoms with Crippen molar-refractivity contribution in [1.29, 1.82) is 5.41 Å². The van der Waals surface area contributed by atoms with E-state index < -0.39 is 0 Å². The molecule has 0 aliphatic rings. The van der Waals surface area contributed by atoms with Crippen LogP contribution >= 0.6 is 0 Å². The lowest BCUT2D eigenvalue weighted by Crippen LogP contribution is -2.12. The number of nitrogens with one attached hydrogen (secondary N) is 2. The van der Waals surface area contributed by atoms with Crippen molar-refractivity contribution < 1.29 is 0 Å². The van der Waals surface area contributed by atoms with Crippen LogP contribution in [0.2, 0.25) is 0 Å². The minimum atomic E-state index is -0.0949. The van der Waals surface area contributed by atoms with Gasteiger partial charge in [0.2, 0.25) is 0 Å². The van der Waals surface area contributed by atoms with Gasteiger partial charge >= 0.3 is 0 Å². The first kappa shape index (κ1) is 4.76. The third kappa shape index (κ3) is 0.651. The second-order valence-corrected chi connectivity index (χ2v) is 1.25. The van der Waals surface area contributed by atoms with Gasteiger partial charge in [0.05, 0.1) is 0 Å². The molecule has 0 aliphatic carbocycles. The molecule has 0 amide bonds. The molecule has 0 unspecified atom stereocenters. The van der Waals surface area contributed by atoms with Crippen LogP contribution in [-0.4, -0.2) is 21.0 Å².